The minimum atomic E-state index is -0.174. The fourth-order valence-electron chi connectivity index (χ4n) is 8.27. The lowest BCUT2D eigenvalue weighted by Crippen LogP contribution is -2.51. The third-order valence-electron chi connectivity index (χ3n) is 11.2. The van der Waals surface area contributed by atoms with Crippen molar-refractivity contribution in [2.75, 3.05) is 33.9 Å². The molecule has 2 aliphatic carbocycles. The van der Waals surface area contributed by atoms with E-state index in [9.17, 15) is 9.59 Å². The van der Waals surface area contributed by atoms with Crippen molar-refractivity contribution in [1.29, 1.82) is 5.26 Å². The van der Waals surface area contributed by atoms with Gasteiger partial charge in [-0.15, -0.1) is 0 Å². The van der Waals surface area contributed by atoms with Gasteiger partial charge in [0, 0.05) is 80.1 Å². The van der Waals surface area contributed by atoms with Crippen molar-refractivity contribution in [2.45, 2.75) is 50.9 Å². The van der Waals surface area contributed by atoms with Crippen molar-refractivity contribution in [3.05, 3.63) is 59.7 Å². The molecule has 2 saturated carbocycles. The summed E-state index contributed by atoms with van der Waals surface area (Å²) in [7, 11) is 3.24. The molecule has 0 spiro atoms. The van der Waals surface area contributed by atoms with Gasteiger partial charge in [-0.2, -0.15) is 10.2 Å². The quantitative estimate of drug-likeness (QED) is 0.242. The predicted molar refractivity (Wildman–Crippen MR) is 186 cm³/mol. The number of likely N-dealkylation sites (tertiary alicyclic amines) is 2. The van der Waals surface area contributed by atoms with Crippen LogP contribution < -0.4 is 15.2 Å². The first-order chi connectivity index (χ1) is 24.8. The van der Waals surface area contributed by atoms with Crippen molar-refractivity contribution in [2.24, 2.45) is 23.5 Å². The van der Waals surface area contributed by atoms with E-state index in [1.54, 1.807) is 19.1 Å². The molecule has 9 rings (SSSR count). The summed E-state index contributed by atoms with van der Waals surface area (Å²) in [6.45, 7) is 3.10. The molecule has 2 bridgehead atoms. The number of aromatic nitrogens is 6. The molecule has 51 heavy (non-hydrogen) atoms. The lowest BCUT2D eigenvalue weighted by Gasteiger charge is -2.39. The molecule has 3 atom stereocenters. The van der Waals surface area contributed by atoms with Gasteiger partial charge in [0.05, 0.1) is 31.0 Å². The van der Waals surface area contributed by atoms with Gasteiger partial charge in [0.1, 0.15) is 23.0 Å². The molecule has 14 heteroatoms. The van der Waals surface area contributed by atoms with Gasteiger partial charge in [0.15, 0.2) is 5.82 Å². The van der Waals surface area contributed by atoms with Gasteiger partial charge >= 0.3 is 0 Å². The monoisotopic (exact) mass is 686 g/mol. The highest BCUT2D eigenvalue weighted by Gasteiger charge is 2.47. The van der Waals surface area contributed by atoms with Gasteiger partial charge in [0.25, 0.3) is 11.8 Å². The molecule has 2 saturated heterocycles. The highest BCUT2D eigenvalue weighted by atomic mass is 16.5. The second kappa shape index (κ2) is 12.1. The Kier molecular flexibility index (Phi) is 7.43. The average molecular weight is 687 g/mol. The molecule has 2 amide bonds. The minimum Gasteiger partial charge on any atom is -0.494 e. The molecule has 5 aromatic rings. The van der Waals surface area contributed by atoms with Crippen molar-refractivity contribution >= 4 is 33.9 Å². The number of nitrogens with zero attached hydrogens (tertiary/aromatic N) is 9. The standard InChI is InChI=1S/C37H38N10O4/c1-50-29-11-24(37(49)46-19-23-5-7-27(46)32(23)39)9-26-33(29)47(18-21-15-44(16-21)36(48)25-13-40-30(12-38)41-14-25)35(42-26)28-10-22-6-8-31(51-2)43-34(22)45(28)17-20-3-4-20/h6,8-11,13-14,20-21,23,27,32H,3-5,7,15-19,39H2,1-2H3/t23-,27-,32-/m1/s1. The van der Waals surface area contributed by atoms with Crippen LogP contribution in [0.25, 0.3) is 33.6 Å². The van der Waals surface area contributed by atoms with E-state index in [1.807, 2.05) is 35.2 Å². The van der Waals surface area contributed by atoms with E-state index >= 15 is 0 Å². The number of fused-ring (bicyclic) bond motifs is 4. The third-order valence-corrected chi connectivity index (χ3v) is 11.2. The Labute approximate surface area is 293 Å². The summed E-state index contributed by atoms with van der Waals surface area (Å²) < 4.78 is 16.0. The molecule has 1 aromatic carbocycles. The Balaban J connectivity index is 1.12. The van der Waals surface area contributed by atoms with E-state index < -0.39 is 0 Å². The maximum atomic E-state index is 14.0. The van der Waals surface area contributed by atoms with Gasteiger partial charge in [-0.3, -0.25) is 9.59 Å². The van der Waals surface area contributed by atoms with Crippen LogP contribution in [0.4, 0.5) is 0 Å². The van der Waals surface area contributed by atoms with Gasteiger partial charge in [-0.25, -0.2) is 15.0 Å². The minimum absolute atomic E-state index is 0.0179. The molecular formula is C37H38N10O4. The maximum absolute atomic E-state index is 14.0. The zero-order valence-electron chi connectivity index (χ0n) is 28.5. The average Bonchev–Trinajstić information content (AvgIpc) is 3.51. The van der Waals surface area contributed by atoms with Gasteiger partial charge in [0.2, 0.25) is 11.7 Å². The molecule has 14 nitrogen and oxygen atoms in total. The Morgan fingerprint density at radius 3 is 2.35 bits per heavy atom. The van der Waals surface area contributed by atoms with Gasteiger partial charge < -0.3 is 34.1 Å². The van der Waals surface area contributed by atoms with Crippen molar-refractivity contribution in [1.82, 2.24) is 38.9 Å². The van der Waals surface area contributed by atoms with Crippen LogP contribution in [0.2, 0.25) is 0 Å². The summed E-state index contributed by atoms with van der Waals surface area (Å²) in [6, 6.07) is 11.7. The van der Waals surface area contributed by atoms with E-state index in [1.165, 1.54) is 12.4 Å². The van der Waals surface area contributed by atoms with Crippen LogP contribution in [0.5, 0.6) is 11.6 Å². The Morgan fingerprint density at radius 1 is 0.902 bits per heavy atom. The van der Waals surface area contributed by atoms with Crippen LogP contribution in [0.1, 0.15) is 52.2 Å². The van der Waals surface area contributed by atoms with Crippen molar-refractivity contribution in [3.63, 3.8) is 0 Å². The summed E-state index contributed by atoms with van der Waals surface area (Å²) in [5, 5.41) is 10.0. The number of methoxy groups -OCH3 is 2. The number of piperidine rings is 1. The number of benzene rings is 1. The summed E-state index contributed by atoms with van der Waals surface area (Å²) in [5.74, 6) is 2.68. The normalized spacial score (nSPS) is 21.3. The van der Waals surface area contributed by atoms with Crippen molar-refractivity contribution in [3.8, 4) is 29.2 Å². The summed E-state index contributed by atoms with van der Waals surface area (Å²) in [5.41, 5.74) is 10.6. The van der Waals surface area contributed by atoms with E-state index in [-0.39, 0.29) is 35.6 Å². The first-order valence-corrected chi connectivity index (χ1v) is 17.5. The molecule has 2 N–H and O–H groups in total. The fourth-order valence-corrected chi connectivity index (χ4v) is 8.27. The van der Waals surface area contributed by atoms with Crippen LogP contribution in [0.15, 0.2) is 42.7 Å². The lowest BCUT2D eigenvalue weighted by atomic mass is 9.98. The Hall–Kier alpha value is -5.55. The van der Waals surface area contributed by atoms with E-state index in [0.29, 0.717) is 66.3 Å². The Morgan fingerprint density at radius 2 is 1.69 bits per heavy atom. The van der Waals surface area contributed by atoms with Crippen LogP contribution in [0, 0.1) is 29.1 Å². The first-order valence-electron chi connectivity index (χ1n) is 17.5. The fraction of sp³-hybridized carbons (Fsp3) is 0.432. The number of nitriles is 1. The first kappa shape index (κ1) is 31.4. The maximum Gasteiger partial charge on any atom is 0.257 e. The number of pyridine rings is 1. The predicted octanol–water partition coefficient (Wildman–Crippen LogP) is 3.48. The van der Waals surface area contributed by atoms with Gasteiger partial charge in [-0.05, 0) is 61.8 Å². The van der Waals surface area contributed by atoms with Crippen LogP contribution in [0.3, 0.4) is 0 Å². The molecule has 4 aliphatic rings. The number of nitrogens with two attached hydrogens (primary N) is 1. The summed E-state index contributed by atoms with van der Waals surface area (Å²) >= 11 is 0. The molecule has 260 valence electrons. The zero-order chi connectivity index (χ0) is 35.0. The molecular weight excluding hydrogens is 648 g/mol. The number of carbonyl (C=O) groups is 2. The highest BCUT2D eigenvalue weighted by Crippen LogP contribution is 2.41. The van der Waals surface area contributed by atoms with E-state index in [4.69, 9.17) is 30.4 Å². The number of imidazole rings is 1. The van der Waals surface area contributed by atoms with Crippen LogP contribution in [-0.2, 0) is 13.1 Å². The molecule has 6 heterocycles. The number of amides is 2. The van der Waals surface area contributed by atoms with E-state index in [2.05, 4.69) is 25.2 Å². The van der Waals surface area contributed by atoms with Crippen LogP contribution >= 0.6 is 0 Å². The second-order valence-corrected chi connectivity index (χ2v) is 14.4. The summed E-state index contributed by atoms with van der Waals surface area (Å²) in [6.07, 6.45) is 7.12. The topological polar surface area (TPSA) is 170 Å². The number of carbonyl (C=O) groups excluding carboxylic acids is 2. The second-order valence-electron chi connectivity index (χ2n) is 14.4. The SMILES string of the molecule is COc1ccc2cc(-c3nc4cc(C(=O)N5C[C@H]6CC[C@@H]5[C@@H]6N)cc(OC)c4n3CC3CN(C(=O)c4cnc(C#N)nc4)C3)n(CC3CC3)c2n1. The highest BCUT2D eigenvalue weighted by molar-refractivity contribution is 6.00. The molecule has 0 unspecified atom stereocenters. The lowest BCUT2D eigenvalue weighted by molar-refractivity contribution is 0.0470. The smallest absolute Gasteiger partial charge is 0.257 e. The van der Waals surface area contributed by atoms with Crippen LogP contribution in [-0.4, -0.2) is 96.6 Å². The molecule has 2 aliphatic heterocycles. The van der Waals surface area contributed by atoms with Crippen molar-refractivity contribution < 1.29 is 19.1 Å². The number of ether oxygens (including phenoxy) is 2. The number of rotatable bonds is 9. The van der Waals surface area contributed by atoms with Gasteiger partial charge in [-0.1, -0.05) is 0 Å². The number of hydrogen-bond acceptors (Lipinski definition) is 10. The number of hydrogen-bond donors (Lipinski definition) is 1. The largest absolute Gasteiger partial charge is 0.494 e. The molecule has 0 radical (unpaired) electrons. The third kappa shape index (κ3) is 5.26. The zero-order valence-corrected chi connectivity index (χ0v) is 28.5. The Bertz CT molecular complexity index is 2250. The molecule has 4 fully saturated rings. The summed E-state index contributed by atoms with van der Waals surface area (Å²) in [4.78, 5) is 48.9. The van der Waals surface area contributed by atoms with E-state index in [0.717, 1.165) is 60.3 Å². The molecule has 4 aromatic heterocycles.